The lowest BCUT2D eigenvalue weighted by molar-refractivity contribution is -0.387. The number of carbonyl (C=O) groups is 1. The van der Waals surface area contributed by atoms with Crippen LogP contribution in [0.1, 0.15) is 18.6 Å². The van der Waals surface area contributed by atoms with Gasteiger partial charge in [-0.05, 0) is 13.0 Å². The lowest BCUT2D eigenvalue weighted by Crippen LogP contribution is -2.30. The van der Waals surface area contributed by atoms with E-state index in [4.69, 9.17) is 0 Å². The van der Waals surface area contributed by atoms with Crippen LogP contribution in [0.5, 0.6) is 0 Å². The van der Waals surface area contributed by atoms with Gasteiger partial charge >= 0.3 is 11.7 Å². The van der Waals surface area contributed by atoms with Crippen LogP contribution in [0.25, 0.3) is 0 Å². The van der Waals surface area contributed by atoms with Crippen molar-refractivity contribution >= 4 is 11.7 Å². The summed E-state index contributed by atoms with van der Waals surface area (Å²) < 4.78 is 31.3. The third-order valence-corrected chi connectivity index (χ3v) is 2.41. The predicted octanol–water partition coefficient (Wildman–Crippen LogP) is 0.830. The SMILES string of the molecule is CCOC(=O)C(O)C(O)c1cc(F)c([N+](=O)[O-])cc1F. The van der Waals surface area contributed by atoms with E-state index in [1.807, 2.05) is 0 Å². The molecule has 1 rings (SSSR count). The molecular weight excluding hydrogens is 280 g/mol. The number of aliphatic hydroxyl groups excluding tert-OH is 2. The van der Waals surface area contributed by atoms with Crippen LogP contribution in [0.2, 0.25) is 0 Å². The summed E-state index contributed by atoms with van der Waals surface area (Å²) in [4.78, 5) is 20.4. The van der Waals surface area contributed by atoms with E-state index in [2.05, 4.69) is 4.74 Å². The Morgan fingerprint density at radius 2 is 2.00 bits per heavy atom. The summed E-state index contributed by atoms with van der Waals surface area (Å²) in [6, 6.07) is 0.604. The van der Waals surface area contributed by atoms with Crippen LogP contribution in [0.4, 0.5) is 14.5 Å². The van der Waals surface area contributed by atoms with Crippen molar-refractivity contribution in [1.82, 2.24) is 0 Å². The highest BCUT2D eigenvalue weighted by Crippen LogP contribution is 2.27. The first-order valence-electron chi connectivity index (χ1n) is 5.45. The highest BCUT2D eigenvalue weighted by atomic mass is 19.1. The molecule has 0 saturated carbocycles. The first-order valence-corrected chi connectivity index (χ1v) is 5.45. The van der Waals surface area contributed by atoms with Crippen molar-refractivity contribution in [1.29, 1.82) is 0 Å². The number of halogens is 2. The van der Waals surface area contributed by atoms with Crippen LogP contribution in [0.15, 0.2) is 12.1 Å². The van der Waals surface area contributed by atoms with Crippen molar-refractivity contribution in [3.63, 3.8) is 0 Å². The number of ether oxygens (including phenoxy) is 1. The standard InChI is InChI=1S/C11H11F2NO6/c1-2-20-11(17)10(16)9(15)5-3-7(13)8(14(18)19)4-6(5)12/h3-4,9-10,15-16H,2H2,1H3. The Balaban J connectivity index is 3.11. The molecule has 0 spiro atoms. The second-order valence-electron chi connectivity index (χ2n) is 3.72. The molecule has 110 valence electrons. The molecule has 0 saturated heterocycles. The number of benzene rings is 1. The van der Waals surface area contributed by atoms with E-state index in [1.54, 1.807) is 0 Å². The molecule has 1 aromatic rings. The number of nitro benzene ring substituents is 1. The normalized spacial score (nSPS) is 13.7. The molecule has 2 N–H and O–H groups in total. The number of carbonyl (C=O) groups excluding carboxylic acids is 1. The van der Waals surface area contributed by atoms with E-state index in [-0.39, 0.29) is 12.7 Å². The maximum atomic E-state index is 13.6. The van der Waals surface area contributed by atoms with Gasteiger partial charge in [-0.1, -0.05) is 0 Å². The van der Waals surface area contributed by atoms with Crippen LogP contribution in [-0.2, 0) is 9.53 Å². The van der Waals surface area contributed by atoms with Crippen molar-refractivity contribution in [2.45, 2.75) is 19.1 Å². The van der Waals surface area contributed by atoms with Crippen LogP contribution < -0.4 is 0 Å². The second kappa shape index (κ2) is 6.35. The molecule has 9 heteroatoms. The molecular formula is C11H11F2NO6. The molecule has 0 aliphatic heterocycles. The van der Waals surface area contributed by atoms with Gasteiger partial charge < -0.3 is 14.9 Å². The minimum absolute atomic E-state index is 0.0836. The number of hydrogen-bond acceptors (Lipinski definition) is 6. The fourth-order valence-corrected chi connectivity index (χ4v) is 1.44. The monoisotopic (exact) mass is 291 g/mol. The molecule has 0 bridgehead atoms. The molecule has 7 nitrogen and oxygen atoms in total. The van der Waals surface area contributed by atoms with Crippen LogP contribution in [-0.4, -0.2) is 33.8 Å². The Morgan fingerprint density at radius 3 is 2.50 bits per heavy atom. The molecule has 2 atom stereocenters. The van der Waals surface area contributed by atoms with Gasteiger partial charge in [-0.2, -0.15) is 4.39 Å². The van der Waals surface area contributed by atoms with Gasteiger partial charge in [0.2, 0.25) is 5.82 Å². The van der Waals surface area contributed by atoms with Crippen LogP contribution in [0.3, 0.4) is 0 Å². The van der Waals surface area contributed by atoms with Crippen molar-refractivity contribution in [2.75, 3.05) is 6.61 Å². The highest BCUT2D eigenvalue weighted by Gasteiger charge is 2.31. The summed E-state index contributed by atoms with van der Waals surface area (Å²) in [6.45, 7) is 1.36. The Kier molecular flexibility index (Phi) is 5.06. The first-order chi connectivity index (χ1) is 9.29. The molecule has 0 aliphatic carbocycles. The van der Waals surface area contributed by atoms with Crippen LogP contribution >= 0.6 is 0 Å². The average Bonchev–Trinajstić information content (AvgIpc) is 2.39. The Hall–Kier alpha value is -2.13. The van der Waals surface area contributed by atoms with Gasteiger partial charge in [0, 0.05) is 5.56 Å². The molecule has 1 aromatic carbocycles. The highest BCUT2D eigenvalue weighted by molar-refractivity contribution is 5.75. The average molecular weight is 291 g/mol. The molecule has 0 heterocycles. The molecule has 0 aromatic heterocycles. The maximum Gasteiger partial charge on any atom is 0.338 e. The maximum absolute atomic E-state index is 13.6. The summed E-state index contributed by atoms with van der Waals surface area (Å²) in [5.41, 5.74) is -1.90. The molecule has 0 amide bonds. The van der Waals surface area contributed by atoms with Gasteiger partial charge in [-0.3, -0.25) is 10.1 Å². The van der Waals surface area contributed by atoms with E-state index in [1.165, 1.54) is 6.92 Å². The number of hydrogen-bond donors (Lipinski definition) is 2. The van der Waals surface area contributed by atoms with E-state index in [9.17, 15) is 33.9 Å². The van der Waals surface area contributed by atoms with Crippen molar-refractivity contribution in [3.05, 3.63) is 39.4 Å². The summed E-state index contributed by atoms with van der Waals surface area (Å²) >= 11 is 0. The molecule has 2 unspecified atom stereocenters. The van der Waals surface area contributed by atoms with E-state index in [0.717, 1.165) is 0 Å². The van der Waals surface area contributed by atoms with Crippen molar-refractivity contribution in [3.8, 4) is 0 Å². The fraction of sp³-hybridized carbons (Fsp3) is 0.364. The lowest BCUT2D eigenvalue weighted by atomic mass is 10.0. The minimum Gasteiger partial charge on any atom is -0.464 e. The quantitative estimate of drug-likeness (QED) is 0.472. The second-order valence-corrected chi connectivity index (χ2v) is 3.72. The lowest BCUT2D eigenvalue weighted by Gasteiger charge is -2.17. The van der Waals surface area contributed by atoms with Crippen molar-refractivity contribution in [2.24, 2.45) is 0 Å². The van der Waals surface area contributed by atoms with Gasteiger partial charge in [0.1, 0.15) is 11.9 Å². The summed E-state index contributed by atoms with van der Waals surface area (Å²) in [5, 5.41) is 29.4. The summed E-state index contributed by atoms with van der Waals surface area (Å²) in [7, 11) is 0. The van der Waals surface area contributed by atoms with Gasteiger partial charge in [-0.25, -0.2) is 9.18 Å². The zero-order valence-electron chi connectivity index (χ0n) is 10.2. The van der Waals surface area contributed by atoms with Gasteiger partial charge in [0.25, 0.3) is 0 Å². The van der Waals surface area contributed by atoms with E-state index >= 15 is 0 Å². The number of rotatable bonds is 5. The Bertz CT molecular complexity index is 536. The Morgan fingerprint density at radius 1 is 1.40 bits per heavy atom. The predicted molar refractivity (Wildman–Crippen MR) is 60.6 cm³/mol. The zero-order valence-corrected chi connectivity index (χ0v) is 10.2. The van der Waals surface area contributed by atoms with Gasteiger partial charge in [0.05, 0.1) is 17.6 Å². The van der Waals surface area contributed by atoms with Gasteiger partial charge in [0.15, 0.2) is 6.10 Å². The van der Waals surface area contributed by atoms with Gasteiger partial charge in [-0.15, -0.1) is 0 Å². The smallest absolute Gasteiger partial charge is 0.338 e. The molecule has 0 aliphatic rings. The number of nitro groups is 1. The number of aliphatic hydroxyl groups is 2. The topological polar surface area (TPSA) is 110 Å². The fourth-order valence-electron chi connectivity index (χ4n) is 1.44. The third-order valence-electron chi connectivity index (χ3n) is 2.41. The summed E-state index contributed by atoms with van der Waals surface area (Å²) in [5.74, 6) is -3.95. The van der Waals surface area contributed by atoms with Crippen molar-refractivity contribution < 1.29 is 33.4 Å². The number of esters is 1. The van der Waals surface area contributed by atoms with Crippen LogP contribution in [0, 0.1) is 21.7 Å². The Labute approximate surface area is 111 Å². The van der Waals surface area contributed by atoms with E-state index < -0.39 is 46.0 Å². The minimum atomic E-state index is -2.13. The largest absolute Gasteiger partial charge is 0.464 e. The molecule has 0 fully saturated rings. The molecule has 0 radical (unpaired) electrons. The summed E-state index contributed by atoms with van der Waals surface area (Å²) in [6.07, 6.45) is -4.24. The third kappa shape index (κ3) is 3.25. The molecule has 20 heavy (non-hydrogen) atoms. The number of nitrogens with zero attached hydrogens (tertiary/aromatic N) is 1. The zero-order chi connectivity index (χ0) is 15.4. The van der Waals surface area contributed by atoms with E-state index in [0.29, 0.717) is 6.07 Å². The first kappa shape index (κ1) is 15.9.